The van der Waals surface area contributed by atoms with Crippen molar-refractivity contribution in [2.75, 3.05) is 23.5 Å². The number of amides is 1. The highest BCUT2D eigenvalue weighted by Crippen LogP contribution is 2.40. The minimum atomic E-state index is -3.07. The first-order chi connectivity index (χ1) is 15.8. The van der Waals surface area contributed by atoms with Gasteiger partial charge in [-0.15, -0.1) is 0 Å². The molecule has 9 nitrogen and oxygen atoms in total. The largest absolute Gasteiger partial charge is 0.452 e. The number of fused-ring (bicyclic) bond motifs is 3. The van der Waals surface area contributed by atoms with Crippen LogP contribution in [0.25, 0.3) is 11.0 Å². The number of carbonyl (C=O) groups is 1. The molecule has 1 aromatic carbocycles. The Balaban J connectivity index is 1.67. The summed E-state index contributed by atoms with van der Waals surface area (Å²) in [5.41, 5.74) is 3.61. The number of sulfone groups is 1. The number of aryl methyl sites for hydroxylation is 1. The Morgan fingerprint density at radius 1 is 1.30 bits per heavy atom. The first-order valence-corrected chi connectivity index (χ1v) is 13.2. The van der Waals surface area contributed by atoms with Gasteiger partial charge < -0.3 is 9.30 Å². The summed E-state index contributed by atoms with van der Waals surface area (Å²) in [6.07, 6.45) is 5.48. The third kappa shape index (κ3) is 3.80. The molecule has 0 aliphatic carbocycles. The van der Waals surface area contributed by atoms with E-state index in [1.165, 1.54) is 7.11 Å². The van der Waals surface area contributed by atoms with E-state index in [2.05, 4.69) is 16.6 Å². The van der Waals surface area contributed by atoms with E-state index < -0.39 is 9.84 Å². The summed E-state index contributed by atoms with van der Waals surface area (Å²) in [4.78, 5) is 19.3. The lowest BCUT2D eigenvalue weighted by atomic mass is 9.95. The van der Waals surface area contributed by atoms with Crippen LogP contribution in [0.1, 0.15) is 50.0 Å². The molecule has 1 fully saturated rings. The Labute approximate surface area is 193 Å². The molecule has 3 atom stereocenters. The fourth-order valence-corrected chi connectivity index (χ4v) is 6.97. The fraction of sp³-hybridized carbons (Fsp3) is 0.522. The number of ether oxygens (including phenoxy) is 1. The van der Waals surface area contributed by atoms with Crippen LogP contribution in [0.5, 0.6) is 0 Å². The van der Waals surface area contributed by atoms with Gasteiger partial charge in [0.05, 0.1) is 47.9 Å². The molecule has 10 heteroatoms. The SMILES string of the molecule is COC(=O)N1c2ccc3c(nc([C@H](C)Cn4cccn4)n3[C@@H]3CCS(=O)(=O)C3)c2CC[C@@H]1C. The van der Waals surface area contributed by atoms with Crippen molar-refractivity contribution in [3.05, 3.63) is 42.0 Å². The molecule has 3 aromatic rings. The summed E-state index contributed by atoms with van der Waals surface area (Å²) in [5, 5.41) is 4.33. The van der Waals surface area contributed by atoms with Crippen molar-refractivity contribution in [1.82, 2.24) is 19.3 Å². The number of imidazole rings is 1. The van der Waals surface area contributed by atoms with E-state index in [4.69, 9.17) is 9.72 Å². The molecule has 0 saturated carbocycles. The highest BCUT2D eigenvalue weighted by atomic mass is 32.2. The number of hydrogen-bond donors (Lipinski definition) is 0. The zero-order valence-corrected chi connectivity index (χ0v) is 20.0. The molecule has 2 aromatic heterocycles. The normalized spacial score (nSPS) is 22.9. The van der Waals surface area contributed by atoms with Crippen LogP contribution in [0.3, 0.4) is 0 Å². The van der Waals surface area contributed by atoms with E-state index in [0.717, 1.165) is 41.0 Å². The Morgan fingerprint density at radius 3 is 2.79 bits per heavy atom. The second kappa shape index (κ2) is 8.16. The smallest absolute Gasteiger partial charge is 0.414 e. The van der Waals surface area contributed by atoms with Crippen LogP contribution < -0.4 is 4.90 Å². The first kappa shape index (κ1) is 21.9. The molecule has 2 aliphatic heterocycles. The number of rotatable bonds is 4. The number of benzene rings is 1. The van der Waals surface area contributed by atoms with Gasteiger partial charge in [0, 0.05) is 29.9 Å². The van der Waals surface area contributed by atoms with Crippen molar-refractivity contribution in [1.29, 1.82) is 0 Å². The average molecular weight is 472 g/mol. The van der Waals surface area contributed by atoms with Gasteiger partial charge in [-0.2, -0.15) is 5.10 Å². The van der Waals surface area contributed by atoms with Gasteiger partial charge in [0.15, 0.2) is 9.84 Å². The predicted octanol–water partition coefficient (Wildman–Crippen LogP) is 3.30. The molecule has 0 unspecified atom stereocenters. The fourth-order valence-electron chi connectivity index (χ4n) is 5.27. The van der Waals surface area contributed by atoms with Gasteiger partial charge in [-0.25, -0.2) is 18.2 Å². The van der Waals surface area contributed by atoms with Crippen LogP contribution in [0, 0.1) is 0 Å². The Morgan fingerprint density at radius 2 is 2.12 bits per heavy atom. The van der Waals surface area contributed by atoms with Crippen LogP contribution in [0.15, 0.2) is 30.6 Å². The van der Waals surface area contributed by atoms with Crippen LogP contribution >= 0.6 is 0 Å². The Bertz CT molecular complexity index is 1300. The van der Waals surface area contributed by atoms with Crippen LogP contribution in [0.4, 0.5) is 10.5 Å². The minimum Gasteiger partial charge on any atom is -0.452 e. The van der Waals surface area contributed by atoms with Gasteiger partial charge in [-0.05, 0) is 44.4 Å². The predicted molar refractivity (Wildman–Crippen MR) is 125 cm³/mol. The van der Waals surface area contributed by atoms with Crippen molar-refractivity contribution in [3.63, 3.8) is 0 Å². The highest BCUT2D eigenvalue weighted by molar-refractivity contribution is 7.91. The summed E-state index contributed by atoms with van der Waals surface area (Å²) < 4.78 is 33.7. The lowest BCUT2D eigenvalue weighted by molar-refractivity contribution is 0.175. The second-order valence-corrected chi connectivity index (χ2v) is 11.4. The maximum Gasteiger partial charge on any atom is 0.414 e. The lowest BCUT2D eigenvalue weighted by Crippen LogP contribution is -2.42. The van der Waals surface area contributed by atoms with Crippen molar-refractivity contribution < 1.29 is 17.9 Å². The van der Waals surface area contributed by atoms with E-state index in [9.17, 15) is 13.2 Å². The molecule has 1 saturated heterocycles. The second-order valence-electron chi connectivity index (χ2n) is 9.18. The van der Waals surface area contributed by atoms with E-state index in [0.29, 0.717) is 13.0 Å². The lowest BCUT2D eigenvalue weighted by Gasteiger charge is -2.34. The molecule has 0 bridgehead atoms. The summed E-state index contributed by atoms with van der Waals surface area (Å²) in [7, 11) is -1.67. The molecule has 1 amide bonds. The molecule has 0 N–H and O–H groups in total. The number of aromatic nitrogens is 4. The topological polar surface area (TPSA) is 99.3 Å². The molecule has 0 radical (unpaired) electrons. The van der Waals surface area contributed by atoms with Gasteiger partial charge in [-0.3, -0.25) is 9.58 Å². The molecule has 4 heterocycles. The third-order valence-corrected chi connectivity index (χ3v) is 8.64. The van der Waals surface area contributed by atoms with Crippen molar-refractivity contribution in [2.45, 2.75) is 57.7 Å². The zero-order chi connectivity index (χ0) is 23.3. The average Bonchev–Trinajstić information content (AvgIpc) is 3.51. The summed E-state index contributed by atoms with van der Waals surface area (Å²) in [6.45, 7) is 4.76. The number of hydrogen-bond acceptors (Lipinski definition) is 6. The number of nitrogens with zero attached hydrogens (tertiary/aromatic N) is 5. The number of carbonyl (C=O) groups excluding carboxylic acids is 1. The maximum absolute atomic E-state index is 12.5. The minimum absolute atomic E-state index is 0.0236. The van der Waals surface area contributed by atoms with Gasteiger partial charge in [-0.1, -0.05) is 6.92 Å². The third-order valence-electron chi connectivity index (χ3n) is 6.89. The van der Waals surface area contributed by atoms with Crippen molar-refractivity contribution >= 4 is 32.7 Å². The van der Waals surface area contributed by atoms with E-state index >= 15 is 0 Å². The molecular weight excluding hydrogens is 442 g/mol. The zero-order valence-electron chi connectivity index (χ0n) is 19.1. The summed E-state index contributed by atoms with van der Waals surface area (Å²) in [5.74, 6) is 1.21. The van der Waals surface area contributed by atoms with Crippen LogP contribution in [-0.2, 0) is 27.5 Å². The van der Waals surface area contributed by atoms with Gasteiger partial charge in [0.25, 0.3) is 0 Å². The molecule has 176 valence electrons. The first-order valence-electron chi connectivity index (χ1n) is 11.4. The van der Waals surface area contributed by atoms with Crippen molar-refractivity contribution in [2.24, 2.45) is 0 Å². The standard InChI is InChI=1S/C23H29N5O4S/c1-15(13-26-11-4-10-24-26)22-25-21-18-6-5-16(2)27(23(29)32-3)19(18)7-8-20(21)28(22)17-9-12-33(30,31)14-17/h4,7-8,10-11,15-17H,5-6,9,12-14H2,1-3H3/t15-,16+,17-/m1/s1. The molecule has 2 aliphatic rings. The van der Waals surface area contributed by atoms with E-state index in [1.807, 2.05) is 36.0 Å². The van der Waals surface area contributed by atoms with Gasteiger partial charge in [0.1, 0.15) is 5.82 Å². The molecular formula is C23H29N5O4S. The number of anilines is 1. The Kier molecular flexibility index (Phi) is 5.43. The van der Waals surface area contributed by atoms with Crippen LogP contribution in [0.2, 0.25) is 0 Å². The molecule has 0 spiro atoms. The van der Waals surface area contributed by atoms with Crippen molar-refractivity contribution in [3.8, 4) is 0 Å². The van der Waals surface area contributed by atoms with E-state index in [1.54, 1.807) is 11.1 Å². The number of methoxy groups -OCH3 is 1. The molecule has 5 rings (SSSR count). The van der Waals surface area contributed by atoms with E-state index in [-0.39, 0.29) is 35.6 Å². The Hall–Kier alpha value is -2.88. The summed E-state index contributed by atoms with van der Waals surface area (Å²) >= 11 is 0. The quantitative estimate of drug-likeness (QED) is 0.579. The maximum atomic E-state index is 12.5. The summed E-state index contributed by atoms with van der Waals surface area (Å²) in [6, 6.07) is 5.70. The van der Waals surface area contributed by atoms with Gasteiger partial charge in [0.2, 0.25) is 0 Å². The van der Waals surface area contributed by atoms with Crippen LogP contribution in [-0.4, -0.2) is 58.5 Å². The monoisotopic (exact) mass is 471 g/mol. The van der Waals surface area contributed by atoms with Gasteiger partial charge >= 0.3 is 6.09 Å². The highest BCUT2D eigenvalue weighted by Gasteiger charge is 2.35. The molecule has 33 heavy (non-hydrogen) atoms.